The summed E-state index contributed by atoms with van der Waals surface area (Å²) < 4.78 is 1.62. The molecule has 0 spiro atoms. The molecule has 1 unspecified atom stereocenters. The van der Waals surface area contributed by atoms with Crippen LogP contribution in [0.1, 0.15) is 39.7 Å². The molecule has 4 rings (SSSR count). The third-order valence-corrected chi connectivity index (χ3v) is 6.63. The second kappa shape index (κ2) is 8.62. The highest BCUT2D eigenvalue weighted by molar-refractivity contribution is 7.17. The number of benzene rings is 1. The van der Waals surface area contributed by atoms with Crippen LogP contribution in [0.3, 0.4) is 0 Å². The molecule has 9 nitrogen and oxygen atoms in total. The molecule has 3 heterocycles. The SMILES string of the molecule is Cc1cn(CC(=O)N2CCC2C)nc1Nc1ncc(C(=O)Nc2c(C)ccc(O)c2C)s1. The largest absolute Gasteiger partial charge is 0.508 e. The van der Waals surface area contributed by atoms with E-state index in [2.05, 4.69) is 20.7 Å². The average Bonchev–Trinajstić information content (AvgIpc) is 3.33. The third-order valence-electron chi connectivity index (χ3n) is 5.72. The number of aromatic nitrogens is 3. The van der Waals surface area contributed by atoms with E-state index in [0.29, 0.717) is 33.1 Å². The van der Waals surface area contributed by atoms with E-state index in [1.807, 2.05) is 31.9 Å². The predicted octanol–water partition coefficient (Wildman–Crippen LogP) is 3.59. The van der Waals surface area contributed by atoms with Crippen molar-refractivity contribution >= 4 is 39.8 Å². The summed E-state index contributed by atoms with van der Waals surface area (Å²) in [5.41, 5.74) is 2.94. The van der Waals surface area contributed by atoms with Crippen LogP contribution < -0.4 is 10.6 Å². The molecule has 0 radical (unpaired) electrons. The van der Waals surface area contributed by atoms with Crippen LogP contribution in [0.4, 0.5) is 16.6 Å². The highest BCUT2D eigenvalue weighted by Gasteiger charge is 2.28. The standard InChI is InChI=1S/C22H26N6O3S/c1-12-5-6-16(29)15(4)19(12)24-21(31)17-9-23-22(32-17)25-20-13(2)10-27(26-20)11-18(30)28-8-7-14(28)3/h5-6,9-10,14,29H,7-8,11H2,1-4H3,(H,24,31)(H,23,25,26). The minimum absolute atomic E-state index is 0.0588. The maximum Gasteiger partial charge on any atom is 0.267 e. The van der Waals surface area contributed by atoms with Crippen molar-refractivity contribution in [1.82, 2.24) is 19.7 Å². The fourth-order valence-corrected chi connectivity index (χ4v) is 4.29. The van der Waals surface area contributed by atoms with Gasteiger partial charge in [-0.15, -0.1) is 0 Å². The summed E-state index contributed by atoms with van der Waals surface area (Å²) in [5.74, 6) is 0.480. The zero-order valence-corrected chi connectivity index (χ0v) is 19.3. The lowest BCUT2D eigenvalue weighted by Gasteiger charge is -2.38. The average molecular weight is 455 g/mol. The van der Waals surface area contributed by atoms with Gasteiger partial charge in [-0.25, -0.2) is 4.98 Å². The van der Waals surface area contributed by atoms with Gasteiger partial charge >= 0.3 is 0 Å². The Balaban J connectivity index is 1.42. The molecule has 1 aliphatic heterocycles. The van der Waals surface area contributed by atoms with E-state index in [1.165, 1.54) is 17.5 Å². The van der Waals surface area contributed by atoms with Gasteiger partial charge in [0.05, 0.1) is 11.9 Å². The zero-order valence-electron chi connectivity index (χ0n) is 18.5. The number of carbonyl (C=O) groups is 2. The Hall–Kier alpha value is -3.40. The summed E-state index contributed by atoms with van der Waals surface area (Å²) in [5, 5.41) is 20.9. The van der Waals surface area contributed by atoms with Crippen molar-refractivity contribution in [2.24, 2.45) is 0 Å². The summed E-state index contributed by atoms with van der Waals surface area (Å²) in [7, 11) is 0. The van der Waals surface area contributed by atoms with Crippen LogP contribution in [0, 0.1) is 20.8 Å². The number of phenols is 1. The van der Waals surface area contributed by atoms with Crippen LogP contribution in [-0.4, -0.2) is 49.2 Å². The number of aromatic hydroxyl groups is 1. The number of likely N-dealkylation sites (tertiary alicyclic amines) is 1. The third kappa shape index (κ3) is 4.31. The van der Waals surface area contributed by atoms with Gasteiger partial charge < -0.3 is 20.6 Å². The molecule has 10 heteroatoms. The normalized spacial score (nSPS) is 15.4. The quantitative estimate of drug-likeness (QED) is 0.525. The molecule has 2 amide bonds. The number of hydrogen-bond donors (Lipinski definition) is 3. The lowest BCUT2D eigenvalue weighted by atomic mass is 10.1. The molecule has 3 aromatic rings. The summed E-state index contributed by atoms with van der Waals surface area (Å²) >= 11 is 1.20. The van der Waals surface area contributed by atoms with Gasteiger partial charge in [-0.1, -0.05) is 17.4 Å². The van der Waals surface area contributed by atoms with Gasteiger partial charge in [0.25, 0.3) is 5.91 Å². The van der Waals surface area contributed by atoms with Gasteiger partial charge in [0.15, 0.2) is 10.9 Å². The molecule has 2 aromatic heterocycles. The number of anilines is 3. The van der Waals surface area contributed by atoms with Crippen LogP contribution in [0.15, 0.2) is 24.5 Å². The van der Waals surface area contributed by atoms with Gasteiger partial charge in [-0.2, -0.15) is 5.10 Å². The molecule has 3 N–H and O–H groups in total. The number of hydrogen-bond acceptors (Lipinski definition) is 7. The number of phenolic OH excluding ortho intramolecular Hbond substituents is 1. The second-order valence-electron chi connectivity index (χ2n) is 8.09. The van der Waals surface area contributed by atoms with Gasteiger partial charge in [0.2, 0.25) is 5.91 Å². The van der Waals surface area contributed by atoms with Crippen molar-refractivity contribution < 1.29 is 14.7 Å². The van der Waals surface area contributed by atoms with Crippen LogP contribution in [0.2, 0.25) is 0 Å². The predicted molar refractivity (Wildman–Crippen MR) is 124 cm³/mol. The fraction of sp³-hybridized carbons (Fsp3) is 0.364. The molecule has 168 valence electrons. The maximum absolute atomic E-state index is 12.7. The lowest BCUT2D eigenvalue weighted by molar-refractivity contribution is -0.139. The Morgan fingerprint density at radius 2 is 2.03 bits per heavy atom. The summed E-state index contributed by atoms with van der Waals surface area (Å²) in [6, 6.07) is 3.65. The zero-order chi connectivity index (χ0) is 23.0. The second-order valence-corrected chi connectivity index (χ2v) is 9.12. The molecule has 0 saturated carbocycles. The number of rotatable bonds is 6. The molecule has 1 aromatic carbocycles. The lowest BCUT2D eigenvalue weighted by Crippen LogP contribution is -2.50. The Bertz CT molecular complexity index is 1180. The van der Waals surface area contributed by atoms with E-state index in [9.17, 15) is 14.7 Å². The molecule has 0 aliphatic carbocycles. The van der Waals surface area contributed by atoms with Crippen molar-refractivity contribution in [1.29, 1.82) is 0 Å². The van der Waals surface area contributed by atoms with Gasteiger partial charge in [-0.3, -0.25) is 14.3 Å². The molecule has 1 saturated heterocycles. The first-order valence-electron chi connectivity index (χ1n) is 10.4. The Labute approximate surface area is 190 Å². The monoisotopic (exact) mass is 454 g/mol. The number of nitrogens with zero attached hydrogens (tertiary/aromatic N) is 4. The highest BCUT2D eigenvalue weighted by Crippen LogP contribution is 2.30. The van der Waals surface area contributed by atoms with E-state index in [0.717, 1.165) is 24.1 Å². The summed E-state index contributed by atoms with van der Waals surface area (Å²) in [6.07, 6.45) is 4.36. The Morgan fingerprint density at radius 1 is 1.25 bits per heavy atom. The van der Waals surface area contributed by atoms with Crippen LogP contribution >= 0.6 is 11.3 Å². The molecule has 1 aliphatic rings. The topological polar surface area (TPSA) is 112 Å². The van der Waals surface area contributed by atoms with Crippen LogP contribution in [0.25, 0.3) is 0 Å². The van der Waals surface area contributed by atoms with Crippen molar-refractivity contribution in [3.05, 3.63) is 46.1 Å². The number of amides is 2. The number of thiazole rings is 1. The van der Waals surface area contributed by atoms with Gasteiger partial charge in [0.1, 0.15) is 17.2 Å². The molecule has 1 atom stereocenters. The van der Waals surface area contributed by atoms with E-state index in [1.54, 1.807) is 23.7 Å². The van der Waals surface area contributed by atoms with E-state index in [4.69, 9.17) is 0 Å². The highest BCUT2D eigenvalue weighted by atomic mass is 32.1. The summed E-state index contributed by atoms with van der Waals surface area (Å²) in [4.78, 5) is 31.6. The van der Waals surface area contributed by atoms with Crippen LogP contribution in [-0.2, 0) is 11.3 Å². The van der Waals surface area contributed by atoms with Crippen molar-refractivity contribution in [2.75, 3.05) is 17.2 Å². The van der Waals surface area contributed by atoms with E-state index < -0.39 is 0 Å². The first kappa shape index (κ1) is 21.8. The summed E-state index contributed by atoms with van der Waals surface area (Å²) in [6.45, 7) is 8.57. The number of aryl methyl sites for hydroxylation is 2. The number of nitrogens with one attached hydrogen (secondary N) is 2. The first-order valence-corrected chi connectivity index (χ1v) is 11.2. The molecule has 0 bridgehead atoms. The van der Waals surface area contributed by atoms with E-state index in [-0.39, 0.29) is 24.1 Å². The first-order chi connectivity index (χ1) is 15.2. The smallest absolute Gasteiger partial charge is 0.267 e. The van der Waals surface area contributed by atoms with E-state index >= 15 is 0 Å². The minimum atomic E-state index is -0.302. The Kier molecular flexibility index (Phi) is 5.88. The molecular formula is C22H26N6O3S. The maximum atomic E-state index is 12.7. The van der Waals surface area contributed by atoms with Crippen molar-refractivity contribution in [3.63, 3.8) is 0 Å². The number of carbonyl (C=O) groups excluding carboxylic acids is 2. The Morgan fingerprint density at radius 3 is 2.72 bits per heavy atom. The molecule has 32 heavy (non-hydrogen) atoms. The van der Waals surface area contributed by atoms with Gasteiger partial charge in [-0.05, 0) is 45.7 Å². The van der Waals surface area contributed by atoms with Crippen LogP contribution in [0.5, 0.6) is 5.75 Å². The van der Waals surface area contributed by atoms with Gasteiger partial charge in [0, 0.05) is 29.9 Å². The van der Waals surface area contributed by atoms with Crippen molar-refractivity contribution in [2.45, 2.75) is 46.7 Å². The molecular weight excluding hydrogens is 428 g/mol. The minimum Gasteiger partial charge on any atom is -0.508 e. The van der Waals surface area contributed by atoms with Crippen molar-refractivity contribution in [3.8, 4) is 5.75 Å². The fourth-order valence-electron chi connectivity index (χ4n) is 3.58. The molecule has 1 fully saturated rings.